The Balaban J connectivity index is 1.27. The van der Waals surface area contributed by atoms with Crippen molar-refractivity contribution in [2.45, 2.75) is 48.8 Å². The lowest BCUT2D eigenvalue weighted by atomic mass is 10.1. The largest absolute Gasteiger partial charge is 0.509 e. The highest BCUT2D eigenvalue weighted by Crippen LogP contribution is 2.33. The van der Waals surface area contributed by atoms with E-state index in [1.54, 1.807) is 0 Å². The van der Waals surface area contributed by atoms with Crippen molar-refractivity contribution in [1.29, 1.82) is 0 Å². The zero-order valence-electron chi connectivity index (χ0n) is 14.1. The maximum Gasteiger partial charge on any atom is 0.509 e. The summed E-state index contributed by atoms with van der Waals surface area (Å²) in [5, 5.41) is 19.1. The Morgan fingerprint density at radius 1 is 0.679 bits per heavy atom. The van der Waals surface area contributed by atoms with E-state index < -0.39 is 65.2 Å². The van der Waals surface area contributed by atoms with Crippen LogP contribution in [0.15, 0.2) is 0 Å². The molecule has 156 valence electrons. The minimum absolute atomic E-state index is 0.0372. The predicted molar refractivity (Wildman–Crippen MR) is 77.8 cm³/mol. The van der Waals surface area contributed by atoms with E-state index in [1.165, 1.54) is 0 Å². The normalized spacial score (nSPS) is 41.1. The molecule has 15 heteroatoms. The summed E-state index contributed by atoms with van der Waals surface area (Å²) < 4.78 is 31.9. The summed E-state index contributed by atoms with van der Waals surface area (Å²) in [5.41, 5.74) is 0. The number of hydrogen-bond donors (Lipinski definition) is 0. The van der Waals surface area contributed by atoms with Crippen LogP contribution in [-0.4, -0.2) is 91.6 Å². The standard InChI is InChI=1S/C13H16N2O13/c16-13(25-5-1-21-11-7(27-14(17)18)3-23-9(5)11)26-6-2-22-12-8(28-15(19)20)4-24-10(6)12/h5-12H,1-4H2. The third kappa shape index (κ3) is 3.60. The van der Waals surface area contributed by atoms with Crippen LogP contribution in [0.4, 0.5) is 4.79 Å². The molecule has 0 radical (unpaired) electrons. The Bertz CT molecular complexity index is 594. The van der Waals surface area contributed by atoms with Crippen LogP contribution in [0.1, 0.15) is 0 Å². The maximum atomic E-state index is 12.1. The van der Waals surface area contributed by atoms with Gasteiger partial charge in [0.1, 0.15) is 24.4 Å². The summed E-state index contributed by atoms with van der Waals surface area (Å²) in [5.74, 6) is 0. The third-order valence-corrected chi connectivity index (χ3v) is 4.86. The van der Waals surface area contributed by atoms with Gasteiger partial charge in [0.2, 0.25) is 0 Å². The molecule has 0 spiro atoms. The van der Waals surface area contributed by atoms with Crippen LogP contribution >= 0.6 is 0 Å². The Morgan fingerprint density at radius 3 is 1.36 bits per heavy atom. The van der Waals surface area contributed by atoms with Gasteiger partial charge in [-0.25, -0.2) is 4.79 Å². The molecule has 4 rings (SSSR count). The fraction of sp³-hybridized carbons (Fsp3) is 0.923. The van der Waals surface area contributed by atoms with Gasteiger partial charge < -0.3 is 38.1 Å². The number of nitrogens with zero attached hydrogens (tertiary/aromatic N) is 2. The summed E-state index contributed by atoms with van der Waals surface area (Å²) in [6.45, 7) is -0.219. The molecule has 0 bridgehead atoms. The Labute approximate surface area is 155 Å². The number of carbonyl (C=O) groups excluding carboxylic acids is 1. The number of ether oxygens (including phenoxy) is 6. The molecule has 0 aromatic rings. The monoisotopic (exact) mass is 408 g/mol. The zero-order valence-corrected chi connectivity index (χ0v) is 14.1. The van der Waals surface area contributed by atoms with E-state index in [4.69, 9.17) is 28.4 Å². The second-order valence-corrected chi connectivity index (χ2v) is 6.49. The SMILES string of the molecule is O=C(OC1COC2C(O[N+](=O)[O-])COC12)OC1COC2C(O[N+](=O)[O-])COC12. The summed E-state index contributed by atoms with van der Waals surface area (Å²) in [4.78, 5) is 42.0. The van der Waals surface area contributed by atoms with E-state index in [9.17, 15) is 25.0 Å². The first-order valence-corrected chi connectivity index (χ1v) is 8.38. The van der Waals surface area contributed by atoms with E-state index in [2.05, 4.69) is 9.68 Å². The van der Waals surface area contributed by atoms with Gasteiger partial charge in [0.05, 0.1) is 26.4 Å². The van der Waals surface area contributed by atoms with E-state index in [0.717, 1.165) is 0 Å². The predicted octanol–water partition coefficient (Wildman–Crippen LogP) is -1.37. The minimum atomic E-state index is -1.03. The van der Waals surface area contributed by atoms with Crippen molar-refractivity contribution < 1.29 is 53.1 Å². The van der Waals surface area contributed by atoms with Crippen molar-refractivity contribution in [2.75, 3.05) is 26.4 Å². The molecule has 4 aliphatic heterocycles. The highest BCUT2D eigenvalue weighted by Gasteiger charge is 2.53. The van der Waals surface area contributed by atoms with Crippen LogP contribution in [0.2, 0.25) is 0 Å². The average molecular weight is 408 g/mol. The van der Waals surface area contributed by atoms with Crippen molar-refractivity contribution in [1.82, 2.24) is 0 Å². The van der Waals surface area contributed by atoms with Crippen LogP contribution < -0.4 is 0 Å². The van der Waals surface area contributed by atoms with Crippen LogP contribution in [0.5, 0.6) is 0 Å². The first kappa shape index (κ1) is 18.9. The molecule has 0 aromatic carbocycles. The molecule has 15 nitrogen and oxygen atoms in total. The van der Waals surface area contributed by atoms with Crippen molar-refractivity contribution in [3.05, 3.63) is 20.2 Å². The average Bonchev–Trinajstić information content (AvgIpc) is 3.34. The molecule has 4 saturated heterocycles. The second-order valence-electron chi connectivity index (χ2n) is 6.49. The van der Waals surface area contributed by atoms with Crippen molar-refractivity contribution >= 4 is 6.16 Å². The molecule has 28 heavy (non-hydrogen) atoms. The smallest absolute Gasteiger partial charge is 0.426 e. The molecule has 8 atom stereocenters. The third-order valence-electron chi connectivity index (χ3n) is 4.86. The molecule has 4 aliphatic rings. The van der Waals surface area contributed by atoms with Gasteiger partial charge in [-0.15, -0.1) is 20.2 Å². The van der Waals surface area contributed by atoms with Crippen LogP contribution in [0.3, 0.4) is 0 Å². The molecule has 0 aromatic heterocycles. The topological polar surface area (TPSA) is 177 Å². The summed E-state index contributed by atoms with van der Waals surface area (Å²) in [6, 6.07) is 0. The lowest BCUT2D eigenvalue weighted by Crippen LogP contribution is -2.38. The van der Waals surface area contributed by atoms with Gasteiger partial charge >= 0.3 is 6.16 Å². The van der Waals surface area contributed by atoms with Gasteiger partial charge in [-0.1, -0.05) is 0 Å². The summed E-state index contributed by atoms with van der Waals surface area (Å²) in [7, 11) is 0. The molecule has 4 heterocycles. The summed E-state index contributed by atoms with van der Waals surface area (Å²) >= 11 is 0. The molecular weight excluding hydrogens is 392 g/mol. The van der Waals surface area contributed by atoms with E-state index >= 15 is 0 Å². The number of rotatable bonds is 6. The van der Waals surface area contributed by atoms with E-state index in [-0.39, 0.29) is 26.4 Å². The second kappa shape index (κ2) is 7.50. The Hall–Kier alpha value is -2.49. The molecule has 4 fully saturated rings. The molecule has 0 N–H and O–H groups in total. The Kier molecular flexibility index (Phi) is 5.05. The van der Waals surface area contributed by atoms with Crippen molar-refractivity contribution in [3.8, 4) is 0 Å². The Morgan fingerprint density at radius 2 is 1.00 bits per heavy atom. The van der Waals surface area contributed by atoms with Gasteiger partial charge in [-0.05, 0) is 0 Å². The van der Waals surface area contributed by atoms with Crippen LogP contribution in [0.25, 0.3) is 0 Å². The fourth-order valence-electron chi connectivity index (χ4n) is 3.74. The van der Waals surface area contributed by atoms with Gasteiger partial charge in [-0.3, -0.25) is 0 Å². The summed E-state index contributed by atoms with van der Waals surface area (Å²) in [6.07, 6.45) is -7.40. The van der Waals surface area contributed by atoms with E-state index in [1.807, 2.05) is 0 Å². The number of hydrogen-bond acceptors (Lipinski definition) is 13. The number of fused-ring (bicyclic) bond motifs is 2. The first-order valence-electron chi connectivity index (χ1n) is 8.38. The van der Waals surface area contributed by atoms with Gasteiger partial charge in [0, 0.05) is 0 Å². The molecule has 0 saturated carbocycles. The van der Waals surface area contributed by atoms with Gasteiger partial charge in [0.15, 0.2) is 24.4 Å². The van der Waals surface area contributed by atoms with Crippen molar-refractivity contribution in [2.24, 2.45) is 0 Å². The molecule has 8 unspecified atom stereocenters. The van der Waals surface area contributed by atoms with Gasteiger partial charge in [0.25, 0.3) is 10.2 Å². The van der Waals surface area contributed by atoms with Crippen LogP contribution in [0, 0.1) is 20.2 Å². The highest BCUT2D eigenvalue weighted by molar-refractivity contribution is 5.60. The zero-order chi connectivity index (χ0) is 19.8. The lowest BCUT2D eigenvalue weighted by Gasteiger charge is -2.20. The maximum absolute atomic E-state index is 12.1. The number of carbonyl (C=O) groups is 1. The van der Waals surface area contributed by atoms with Gasteiger partial charge in [-0.2, -0.15) is 0 Å². The lowest BCUT2D eigenvalue weighted by molar-refractivity contribution is -0.769. The minimum Gasteiger partial charge on any atom is -0.426 e. The fourth-order valence-corrected chi connectivity index (χ4v) is 3.74. The highest BCUT2D eigenvalue weighted by atomic mass is 17.0. The quantitative estimate of drug-likeness (QED) is 0.286. The molecule has 0 amide bonds. The molecular formula is C13H16N2O13. The van der Waals surface area contributed by atoms with Crippen molar-refractivity contribution in [3.63, 3.8) is 0 Å². The molecule has 0 aliphatic carbocycles. The van der Waals surface area contributed by atoms with E-state index in [0.29, 0.717) is 0 Å². The first-order chi connectivity index (χ1) is 13.4. The van der Waals surface area contributed by atoms with Crippen LogP contribution in [-0.2, 0) is 38.1 Å².